The van der Waals surface area contributed by atoms with Crippen LogP contribution in [0.2, 0.25) is 0 Å². The van der Waals surface area contributed by atoms with Crippen LogP contribution in [0.5, 0.6) is 0 Å². The lowest BCUT2D eigenvalue weighted by atomic mass is 10.0. The molecule has 0 atom stereocenters. The maximum absolute atomic E-state index is 12.4. The van der Waals surface area contributed by atoms with Crippen LogP contribution in [0.1, 0.15) is 37.6 Å². The molecule has 0 bridgehead atoms. The van der Waals surface area contributed by atoms with E-state index in [-0.39, 0.29) is 18.4 Å². The van der Waals surface area contributed by atoms with Crippen LogP contribution in [-0.4, -0.2) is 35.2 Å². The highest BCUT2D eigenvalue weighted by atomic mass is 16.5. The minimum Gasteiger partial charge on any atom is -0.339 e. The van der Waals surface area contributed by atoms with Crippen LogP contribution < -0.4 is 15.5 Å². The minimum absolute atomic E-state index is 0.130. The third-order valence-electron chi connectivity index (χ3n) is 5.17. The Bertz CT molecular complexity index is 1070. The molecule has 4 rings (SSSR count). The first-order valence-electron chi connectivity index (χ1n) is 10.4. The summed E-state index contributed by atoms with van der Waals surface area (Å²) in [5, 5.41) is 9.65. The average Bonchev–Trinajstić information content (AvgIpc) is 3.41. The Labute approximate surface area is 180 Å². The Balaban J connectivity index is 1.33. The lowest BCUT2D eigenvalue weighted by Gasteiger charge is -2.15. The number of benzene rings is 2. The maximum atomic E-state index is 12.4. The molecule has 0 spiro atoms. The molecule has 1 aromatic heterocycles. The third kappa shape index (κ3) is 4.91. The topological polar surface area (TPSA) is 100 Å². The summed E-state index contributed by atoms with van der Waals surface area (Å²) in [5.41, 5.74) is 3.52. The van der Waals surface area contributed by atoms with E-state index in [1.807, 2.05) is 24.3 Å². The fourth-order valence-electron chi connectivity index (χ4n) is 3.40. The molecule has 2 N–H and O–H groups in total. The van der Waals surface area contributed by atoms with Crippen molar-refractivity contribution in [3.63, 3.8) is 0 Å². The van der Waals surface area contributed by atoms with Gasteiger partial charge in [0.2, 0.25) is 17.6 Å². The van der Waals surface area contributed by atoms with Crippen molar-refractivity contribution in [2.75, 3.05) is 23.3 Å². The zero-order chi connectivity index (χ0) is 21.8. The Morgan fingerprint density at radius 3 is 2.74 bits per heavy atom. The molecule has 160 valence electrons. The predicted molar refractivity (Wildman–Crippen MR) is 118 cm³/mol. The first kappa shape index (κ1) is 20.6. The summed E-state index contributed by atoms with van der Waals surface area (Å²) in [6.07, 6.45) is 0.555. The van der Waals surface area contributed by atoms with Gasteiger partial charge in [-0.3, -0.25) is 9.69 Å². The second-order valence-corrected chi connectivity index (χ2v) is 7.77. The second kappa shape index (κ2) is 8.99. The van der Waals surface area contributed by atoms with Crippen LogP contribution in [0, 0.1) is 0 Å². The van der Waals surface area contributed by atoms with E-state index in [9.17, 15) is 9.59 Å². The first-order chi connectivity index (χ1) is 15.0. The average molecular weight is 419 g/mol. The van der Waals surface area contributed by atoms with Gasteiger partial charge >= 0.3 is 6.03 Å². The van der Waals surface area contributed by atoms with Crippen LogP contribution in [-0.2, 0) is 11.2 Å². The smallest absolute Gasteiger partial charge is 0.321 e. The molecule has 0 unspecified atom stereocenters. The molecule has 1 aliphatic rings. The predicted octanol–water partition coefficient (Wildman–Crippen LogP) is 3.96. The Morgan fingerprint density at radius 2 is 2.03 bits per heavy atom. The number of nitrogens with zero attached hydrogens (tertiary/aromatic N) is 3. The van der Waals surface area contributed by atoms with E-state index in [0.29, 0.717) is 42.8 Å². The number of aromatic nitrogens is 2. The summed E-state index contributed by atoms with van der Waals surface area (Å²) in [5.74, 6) is 1.23. The maximum Gasteiger partial charge on any atom is 0.321 e. The van der Waals surface area contributed by atoms with Crippen molar-refractivity contribution < 1.29 is 14.1 Å². The molecule has 1 aliphatic heterocycles. The number of rotatable bonds is 7. The molecule has 0 aliphatic carbocycles. The van der Waals surface area contributed by atoms with Gasteiger partial charge in [0.15, 0.2) is 0 Å². The SMILES string of the molecule is CC(C)c1ccc(-c2noc(CCC(=O)Nc3cccc(N4CCNC4=O)c3)n2)cc1. The van der Waals surface area contributed by atoms with Crippen molar-refractivity contribution in [1.82, 2.24) is 15.5 Å². The fourth-order valence-corrected chi connectivity index (χ4v) is 3.40. The number of carbonyl (C=O) groups excluding carboxylic acids is 2. The zero-order valence-corrected chi connectivity index (χ0v) is 17.6. The Hall–Kier alpha value is -3.68. The Kier molecular flexibility index (Phi) is 5.97. The summed E-state index contributed by atoms with van der Waals surface area (Å²) in [7, 11) is 0. The molecule has 0 radical (unpaired) electrons. The molecule has 31 heavy (non-hydrogen) atoms. The summed E-state index contributed by atoms with van der Waals surface area (Å²) >= 11 is 0. The summed E-state index contributed by atoms with van der Waals surface area (Å²) in [4.78, 5) is 30.2. The van der Waals surface area contributed by atoms with E-state index in [1.165, 1.54) is 5.56 Å². The minimum atomic E-state index is -0.163. The normalized spacial score (nSPS) is 13.5. The number of urea groups is 1. The molecular weight excluding hydrogens is 394 g/mol. The number of hydrogen-bond acceptors (Lipinski definition) is 5. The van der Waals surface area contributed by atoms with Gasteiger partial charge in [0.1, 0.15) is 0 Å². The standard InChI is InChI=1S/C23H25N5O3/c1-15(2)16-6-8-17(9-7-16)22-26-21(31-27-22)11-10-20(29)25-18-4-3-5-19(14-18)28-13-12-24-23(28)30/h3-9,14-15H,10-13H2,1-2H3,(H,24,30)(H,25,29). The zero-order valence-electron chi connectivity index (χ0n) is 17.6. The highest BCUT2D eigenvalue weighted by Gasteiger charge is 2.21. The molecule has 1 saturated heterocycles. The van der Waals surface area contributed by atoms with Gasteiger partial charge in [-0.1, -0.05) is 49.3 Å². The highest BCUT2D eigenvalue weighted by Crippen LogP contribution is 2.22. The molecule has 2 aromatic carbocycles. The molecular formula is C23H25N5O3. The van der Waals surface area contributed by atoms with E-state index in [0.717, 1.165) is 11.3 Å². The van der Waals surface area contributed by atoms with E-state index in [4.69, 9.17) is 4.52 Å². The van der Waals surface area contributed by atoms with E-state index < -0.39 is 0 Å². The highest BCUT2D eigenvalue weighted by molar-refractivity contribution is 5.96. The number of anilines is 2. The quantitative estimate of drug-likeness (QED) is 0.604. The van der Waals surface area contributed by atoms with Gasteiger partial charge in [0.25, 0.3) is 0 Å². The third-order valence-corrected chi connectivity index (χ3v) is 5.17. The molecule has 8 nitrogen and oxygen atoms in total. The fraction of sp³-hybridized carbons (Fsp3) is 0.304. The molecule has 1 fully saturated rings. The van der Waals surface area contributed by atoms with Gasteiger partial charge in [0.05, 0.1) is 0 Å². The van der Waals surface area contributed by atoms with Crippen molar-refractivity contribution in [2.45, 2.75) is 32.6 Å². The van der Waals surface area contributed by atoms with Crippen LogP contribution in [0.15, 0.2) is 53.1 Å². The van der Waals surface area contributed by atoms with Gasteiger partial charge in [-0.15, -0.1) is 0 Å². The van der Waals surface area contributed by atoms with Crippen LogP contribution in [0.3, 0.4) is 0 Å². The molecule has 3 aromatic rings. The molecule has 2 heterocycles. The lowest BCUT2D eigenvalue weighted by molar-refractivity contribution is -0.116. The van der Waals surface area contributed by atoms with E-state index in [2.05, 4.69) is 46.8 Å². The first-order valence-corrected chi connectivity index (χ1v) is 10.4. The molecule has 0 saturated carbocycles. The van der Waals surface area contributed by atoms with Crippen molar-refractivity contribution in [1.29, 1.82) is 0 Å². The lowest BCUT2D eigenvalue weighted by Crippen LogP contribution is -2.27. The number of nitrogens with one attached hydrogen (secondary N) is 2. The van der Waals surface area contributed by atoms with E-state index in [1.54, 1.807) is 17.0 Å². The van der Waals surface area contributed by atoms with E-state index >= 15 is 0 Å². The second-order valence-electron chi connectivity index (χ2n) is 7.77. The van der Waals surface area contributed by atoms with Crippen LogP contribution in [0.25, 0.3) is 11.4 Å². The van der Waals surface area contributed by atoms with Crippen LogP contribution in [0.4, 0.5) is 16.2 Å². The number of aryl methyl sites for hydroxylation is 1. The number of carbonyl (C=O) groups is 2. The van der Waals surface area contributed by atoms with Gasteiger partial charge in [-0.05, 0) is 29.7 Å². The molecule has 8 heteroatoms. The van der Waals surface area contributed by atoms with Crippen molar-refractivity contribution in [3.8, 4) is 11.4 Å². The van der Waals surface area contributed by atoms with Gasteiger partial charge in [-0.25, -0.2) is 4.79 Å². The Morgan fingerprint density at radius 1 is 1.23 bits per heavy atom. The van der Waals surface area contributed by atoms with Crippen molar-refractivity contribution >= 4 is 23.3 Å². The van der Waals surface area contributed by atoms with Gasteiger partial charge in [-0.2, -0.15) is 4.98 Å². The number of amides is 3. The largest absolute Gasteiger partial charge is 0.339 e. The monoisotopic (exact) mass is 419 g/mol. The number of hydrogen-bond donors (Lipinski definition) is 2. The van der Waals surface area contributed by atoms with Crippen LogP contribution >= 0.6 is 0 Å². The van der Waals surface area contributed by atoms with Gasteiger partial charge < -0.3 is 15.2 Å². The van der Waals surface area contributed by atoms with Crippen molar-refractivity contribution in [3.05, 3.63) is 60.0 Å². The van der Waals surface area contributed by atoms with Gasteiger partial charge in [0, 0.05) is 42.9 Å². The summed E-state index contributed by atoms with van der Waals surface area (Å²) < 4.78 is 5.30. The summed E-state index contributed by atoms with van der Waals surface area (Å²) in [6.45, 7) is 5.51. The van der Waals surface area contributed by atoms with Crippen molar-refractivity contribution in [2.24, 2.45) is 0 Å². The summed E-state index contributed by atoms with van der Waals surface area (Å²) in [6, 6.07) is 15.2. The molecule has 3 amide bonds.